The van der Waals surface area contributed by atoms with Gasteiger partial charge in [0.15, 0.2) is 0 Å². The van der Waals surface area contributed by atoms with E-state index in [9.17, 15) is 19.2 Å². The van der Waals surface area contributed by atoms with E-state index in [-0.39, 0.29) is 12.5 Å². The Morgan fingerprint density at radius 3 is 2.30 bits per heavy atom. The van der Waals surface area contributed by atoms with Crippen LogP contribution in [0.15, 0.2) is 48.5 Å². The van der Waals surface area contributed by atoms with E-state index in [1.54, 1.807) is 12.1 Å². The lowest BCUT2D eigenvalue weighted by Gasteiger charge is -2.30. The molecule has 1 aliphatic heterocycles. The van der Waals surface area contributed by atoms with Crippen molar-refractivity contribution in [2.45, 2.75) is 33.2 Å². The third kappa shape index (κ3) is 4.21. The molecule has 5 amide bonds. The van der Waals surface area contributed by atoms with Gasteiger partial charge in [-0.1, -0.05) is 38.1 Å². The third-order valence-corrected chi connectivity index (χ3v) is 5.82. The minimum Gasteiger partial charge on any atom is -0.350 e. The average Bonchev–Trinajstić information content (AvgIpc) is 3.15. The zero-order valence-corrected chi connectivity index (χ0v) is 18.6. The van der Waals surface area contributed by atoms with E-state index in [1.807, 2.05) is 47.0 Å². The van der Waals surface area contributed by atoms with Gasteiger partial charge in [-0.3, -0.25) is 25.0 Å². The zero-order chi connectivity index (χ0) is 23.8. The molecule has 0 bridgehead atoms. The smallest absolute Gasteiger partial charge is 0.328 e. The Hall–Kier alpha value is -4.01. The lowest BCUT2D eigenvalue weighted by atomic mass is 9.86. The Bertz CT molecular complexity index is 1240. The van der Waals surface area contributed by atoms with Crippen LogP contribution < -0.4 is 16.0 Å². The molecule has 1 saturated heterocycles. The summed E-state index contributed by atoms with van der Waals surface area (Å²) in [5, 5.41) is 6.71. The fourth-order valence-electron chi connectivity index (χ4n) is 3.78. The largest absolute Gasteiger partial charge is 0.350 e. The van der Waals surface area contributed by atoms with E-state index in [0.717, 1.165) is 22.4 Å². The SMILES string of the molecule is CC(C)c1nc2ccccc2n1Cc1ccc(C(=O)NCC2(C)C(=O)NC(=O)NC2=O)cc1. The van der Waals surface area contributed by atoms with Crippen LogP contribution >= 0.6 is 0 Å². The van der Waals surface area contributed by atoms with Crippen molar-refractivity contribution in [3.05, 3.63) is 65.5 Å². The molecule has 33 heavy (non-hydrogen) atoms. The van der Waals surface area contributed by atoms with Crippen LogP contribution in [0.2, 0.25) is 0 Å². The van der Waals surface area contributed by atoms with Gasteiger partial charge >= 0.3 is 6.03 Å². The molecule has 0 spiro atoms. The highest BCUT2D eigenvalue weighted by Gasteiger charge is 2.46. The highest BCUT2D eigenvalue weighted by molar-refractivity contribution is 6.19. The minimum absolute atomic E-state index is 0.239. The number of para-hydroxylation sites is 2. The molecule has 4 rings (SSSR count). The number of rotatable bonds is 6. The summed E-state index contributed by atoms with van der Waals surface area (Å²) in [4.78, 5) is 52.8. The quantitative estimate of drug-likeness (QED) is 0.501. The molecule has 0 unspecified atom stereocenters. The van der Waals surface area contributed by atoms with Gasteiger partial charge in [-0.2, -0.15) is 0 Å². The molecule has 1 aromatic heterocycles. The van der Waals surface area contributed by atoms with E-state index in [1.165, 1.54) is 6.92 Å². The molecule has 3 N–H and O–H groups in total. The van der Waals surface area contributed by atoms with Crippen LogP contribution in [-0.4, -0.2) is 39.8 Å². The highest BCUT2D eigenvalue weighted by atomic mass is 16.2. The van der Waals surface area contributed by atoms with E-state index in [4.69, 9.17) is 4.98 Å². The predicted octanol–water partition coefficient (Wildman–Crippen LogP) is 2.31. The predicted molar refractivity (Wildman–Crippen MR) is 121 cm³/mol. The van der Waals surface area contributed by atoms with Gasteiger partial charge in [0.05, 0.1) is 11.0 Å². The van der Waals surface area contributed by atoms with Crippen LogP contribution in [-0.2, 0) is 16.1 Å². The van der Waals surface area contributed by atoms with E-state index in [0.29, 0.717) is 12.1 Å². The molecular weight excluding hydrogens is 422 g/mol. The first-order valence-electron chi connectivity index (χ1n) is 10.7. The second kappa shape index (κ2) is 8.50. The molecule has 9 nitrogen and oxygen atoms in total. The van der Waals surface area contributed by atoms with Crippen molar-refractivity contribution in [2.75, 3.05) is 6.54 Å². The van der Waals surface area contributed by atoms with Gasteiger partial charge < -0.3 is 9.88 Å². The molecule has 0 radical (unpaired) electrons. The first kappa shape index (κ1) is 22.2. The number of carbonyl (C=O) groups excluding carboxylic acids is 4. The first-order valence-corrected chi connectivity index (χ1v) is 10.7. The van der Waals surface area contributed by atoms with Crippen LogP contribution in [0, 0.1) is 5.41 Å². The van der Waals surface area contributed by atoms with Gasteiger partial charge in [0.25, 0.3) is 5.91 Å². The topological polar surface area (TPSA) is 122 Å². The standard InChI is InChI=1S/C24H25N5O4/c1-14(2)19-26-17-6-4-5-7-18(17)29(19)12-15-8-10-16(11-9-15)20(30)25-13-24(3)21(31)27-23(33)28-22(24)32/h4-11,14H,12-13H2,1-3H3,(H,25,30)(H2,27,28,31,32,33). The lowest BCUT2D eigenvalue weighted by molar-refractivity contribution is -0.142. The van der Waals surface area contributed by atoms with Gasteiger partial charge in [0.2, 0.25) is 11.8 Å². The molecule has 0 aliphatic carbocycles. The van der Waals surface area contributed by atoms with Crippen molar-refractivity contribution in [3.63, 3.8) is 0 Å². The number of imide groups is 2. The maximum absolute atomic E-state index is 12.6. The number of carbonyl (C=O) groups is 4. The summed E-state index contributed by atoms with van der Waals surface area (Å²) in [5.74, 6) is -0.667. The number of urea groups is 1. The summed E-state index contributed by atoms with van der Waals surface area (Å²) in [6.45, 7) is 5.96. The van der Waals surface area contributed by atoms with E-state index in [2.05, 4.69) is 23.7 Å². The molecule has 3 aromatic rings. The number of nitrogens with one attached hydrogen (secondary N) is 3. The summed E-state index contributed by atoms with van der Waals surface area (Å²) < 4.78 is 2.18. The second-order valence-corrected chi connectivity index (χ2v) is 8.65. The molecule has 2 heterocycles. The number of imidazole rings is 1. The molecular formula is C24H25N5O4. The van der Waals surface area contributed by atoms with Crippen molar-refractivity contribution in [1.82, 2.24) is 25.5 Å². The number of amides is 5. The van der Waals surface area contributed by atoms with Crippen molar-refractivity contribution in [3.8, 4) is 0 Å². The normalized spacial score (nSPS) is 15.5. The van der Waals surface area contributed by atoms with Crippen molar-refractivity contribution in [1.29, 1.82) is 0 Å². The maximum atomic E-state index is 12.6. The van der Waals surface area contributed by atoms with Crippen LogP contribution in [0.25, 0.3) is 11.0 Å². The zero-order valence-electron chi connectivity index (χ0n) is 18.6. The van der Waals surface area contributed by atoms with Crippen molar-refractivity contribution >= 4 is 34.8 Å². The number of hydrogen-bond donors (Lipinski definition) is 3. The Kier molecular flexibility index (Phi) is 5.71. The molecule has 170 valence electrons. The molecule has 0 saturated carbocycles. The monoisotopic (exact) mass is 447 g/mol. The van der Waals surface area contributed by atoms with Crippen LogP contribution in [0.5, 0.6) is 0 Å². The van der Waals surface area contributed by atoms with Gasteiger partial charge in [0, 0.05) is 24.6 Å². The fourth-order valence-corrected chi connectivity index (χ4v) is 3.78. The number of fused-ring (bicyclic) bond motifs is 1. The summed E-state index contributed by atoms with van der Waals surface area (Å²) in [6.07, 6.45) is 0. The minimum atomic E-state index is -1.57. The van der Waals surface area contributed by atoms with Gasteiger partial charge in [0.1, 0.15) is 11.2 Å². The molecule has 9 heteroatoms. The maximum Gasteiger partial charge on any atom is 0.328 e. The Labute approximate surface area is 190 Å². The average molecular weight is 447 g/mol. The number of barbiturate groups is 1. The number of aromatic nitrogens is 2. The van der Waals surface area contributed by atoms with Crippen LogP contribution in [0.3, 0.4) is 0 Å². The van der Waals surface area contributed by atoms with E-state index >= 15 is 0 Å². The summed E-state index contributed by atoms with van der Waals surface area (Å²) in [7, 11) is 0. The van der Waals surface area contributed by atoms with Gasteiger partial charge in [-0.15, -0.1) is 0 Å². The Morgan fingerprint density at radius 2 is 1.67 bits per heavy atom. The molecule has 1 fully saturated rings. The fraction of sp³-hybridized carbons (Fsp3) is 0.292. The molecule has 1 aliphatic rings. The van der Waals surface area contributed by atoms with E-state index < -0.39 is 29.2 Å². The first-order chi connectivity index (χ1) is 15.7. The summed E-state index contributed by atoms with van der Waals surface area (Å²) >= 11 is 0. The number of nitrogens with zero attached hydrogens (tertiary/aromatic N) is 2. The Morgan fingerprint density at radius 1 is 1.03 bits per heavy atom. The van der Waals surface area contributed by atoms with Crippen molar-refractivity contribution < 1.29 is 19.2 Å². The number of hydrogen-bond acceptors (Lipinski definition) is 5. The van der Waals surface area contributed by atoms with Gasteiger partial charge in [-0.05, 0) is 36.8 Å². The second-order valence-electron chi connectivity index (χ2n) is 8.65. The third-order valence-electron chi connectivity index (χ3n) is 5.82. The highest BCUT2D eigenvalue weighted by Crippen LogP contribution is 2.23. The lowest BCUT2D eigenvalue weighted by Crippen LogP contribution is -2.64. The summed E-state index contributed by atoms with van der Waals surface area (Å²) in [6, 6.07) is 14.3. The number of benzene rings is 2. The molecule has 0 atom stereocenters. The van der Waals surface area contributed by atoms with Crippen LogP contribution in [0.1, 0.15) is 48.4 Å². The molecule has 2 aromatic carbocycles. The summed E-state index contributed by atoms with van der Waals surface area (Å²) in [5.41, 5.74) is 1.84. The van der Waals surface area contributed by atoms with Crippen molar-refractivity contribution in [2.24, 2.45) is 5.41 Å². The van der Waals surface area contributed by atoms with Gasteiger partial charge in [-0.25, -0.2) is 9.78 Å². The van der Waals surface area contributed by atoms with Crippen LogP contribution in [0.4, 0.5) is 4.79 Å². The Balaban J connectivity index is 1.47.